The number of hydrogen-bond donors (Lipinski definition) is 0. The highest BCUT2D eigenvalue weighted by atomic mass is 79.9. The minimum atomic E-state index is -0.430. The Labute approximate surface area is 195 Å². The second kappa shape index (κ2) is 7.31. The maximum atomic E-state index is 14.9. The van der Waals surface area contributed by atoms with Crippen LogP contribution in [0, 0.1) is 5.82 Å². The van der Waals surface area contributed by atoms with E-state index in [2.05, 4.69) is 35.8 Å². The molecule has 0 atom stereocenters. The van der Waals surface area contributed by atoms with E-state index in [1.54, 1.807) is 25.3 Å². The molecule has 0 fully saturated rings. The van der Waals surface area contributed by atoms with Crippen LogP contribution in [0.2, 0.25) is 0 Å². The highest BCUT2D eigenvalue weighted by Gasteiger charge is 2.43. The van der Waals surface area contributed by atoms with Gasteiger partial charge in [0.1, 0.15) is 17.3 Å². The Kier molecular flexibility index (Phi) is 4.79. The average molecular weight is 493 g/mol. The molecule has 3 aromatic carbocycles. The van der Waals surface area contributed by atoms with E-state index in [1.807, 2.05) is 18.2 Å². The molecule has 5 heteroatoms. The van der Waals surface area contributed by atoms with Crippen LogP contribution in [0.1, 0.15) is 40.9 Å². The van der Waals surface area contributed by atoms with E-state index < -0.39 is 5.82 Å². The van der Waals surface area contributed by atoms with E-state index in [4.69, 9.17) is 9.47 Å². The van der Waals surface area contributed by atoms with Crippen LogP contribution in [-0.4, -0.2) is 20.0 Å². The summed E-state index contributed by atoms with van der Waals surface area (Å²) in [5.74, 6) is 0.522. The molecule has 0 saturated heterocycles. The molecule has 32 heavy (non-hydrogen) atoms. The quantitative estimate of drug-likeness (QED) is 0.405. The van der Waals surface area contributed by atoms with Crippen molar-refractivity contribution in [1.29, 1.82) is 0 Å². The second-order valence-electron chi connectivity index (χ2n) is 8.73. The molecule has 0 bridgehead atoms. The first-order valence-electron chi connectivity index (χ1n) is 10.4. The van der Waals surface area contributed by atoms with Crippen molar-refractivity contribution in [3.05, 3.63) is 86.6 Å². The van der Waals surface area contributed by atoms with Crippen molar-refractivity contribution in [2.45, 2.75) is 25.7 Å². The lowest BCUT2D eigenvalue weighted by Crippen LogP contribution is -2.30. The Morgan fingerprint density at radius 1 is 0.906 bits per heavy atom. The molecule has 2 aliphatic rings. The molecule has 0 heterocycles. The van der Waals surface area contributed by atoms with Gasteiger partial charge in [-0.05, 0) is 65.1 Å². The fourth-order valence-electron chi connectivity index (χ4n) is 4.99. The monoisotopic (exact) mass is 492 g/mol. The molecule has 0 amide bonds. The fourth-order valence-corrected chi connectivity index (χ4v) is 5.40. The van der Waals surface area contributed by atoms with Crippen LogP contribution in [0.3, 0.4) is 0 Å². The zero-order chi connectivity index (χ0) is 22.8. The van der Waals surface area contributed by atoms with Crippen molar-refractivity contribution < 1.29 is 18.7 Å². The highest BCUT2D eigenvalue weighted by Crippen LogP contribution is 2.52. The van der Waals surface area contributed by atoms with Crippen LogP contribution in [0.25, 0.3) is 16.7 Å². The summed E-state index contributed by atoms with van der Waals surface area (Å²) in [4.78, 5) is 13.8. The van der Waals surface area contributed by atoms with E-state index in [0.717, 1.165) is 38.7 Å². The van der Waals surface area contributed by atoms with Crippen molar-refractivity contribution in [3.63, 3.8) is 0 Å². The van der Waals surface area contributed by atoms with Gasteiger partial charge in [-0.3, -0.25) is 4.79 Å². The number of fused-ring (bicyclic) bond motifs is 3. The molecule has 0 spiro atoms. The molecule has 0 aliphatic heterocycles. The van der Waals surface area contributed by atoms with Gasteiger partial charge < -0.3 is 9.47 Å². The van der Waals surface area contributed by atoms with Gasteiger partial charge in [0.25, 0.3) is 0 Å². The van der Waals surface area contributed by atoms with Crippen molar-refractivity contribution >= 4 is 27.3 Å². The zero-order valence-electron chi connectivity index (χ0n) is 18.3. The van der Waals surface area contributed by atoms with E-state index in [1.165, 1.54) is 13.2 Å². The van der Waals surface area contributed by atoms with Crippen LogP contribution >= 0.6 is 15.9 Å². The average Bonchev–Trinajstić information content (AvgIpc) is 3.16. The van der Waals surface area contributed by atoms with Crippen LogP contribution in [0.5, 0.6) is 11.5 Å². The summed E-state index contributed by atoms with van der Waals surface area (Å²) in [7, 11) is 3.07. The Morgan fingerprint density at radius 2 is 1.66 bits per heavy atom. The van der Waals surface area contributed by atoms with Crippen LogP contribution in [-0.2, 0) is 11.8 Å². The van der Waals surface area contributed by atoms with Crippen molar-refractivity contribution in [1.82, 2.24) is 0 Å². The Bertz CT molecular complexity index is 1340. The summed E-state index contributed by atoms with van der Waals surface area (Å²) in [6.07, 6.45) is 0.736. The minimum Gasteiger partial charge on any atom is -0.497 e. The largest absolute Gasteiger partial charge is 0.497 e. The third kappa shape index (κ3) is 2.95. The number of ketones is 1. The summed E-state index contributed by atoms with van der Waals surface area (Å²) in [6.45, 7) is 4.28. The summed E-state index contributed by atoms with van der Waals surface area (Å²) >= 11 is 3.54. The highest BCUT2D eigenvalue weighted by molar-refractivity contribution is 9.10. The van der Waals surface area contributed by atoms with E-state index in [-0.39, 0.29) is 11.2 Å². The molecular weight excluding hydrogens is 471 g/mol. The molecule has 0 saturated carbocycles. The number of hydrogen-bond acceptors (Lipinski definition) is 3. The first kappa shape index (κ1) is 21.0. The predicted molar refractivity (Wildman–Crippen MR) is 127 cm³/mol. The second-order valence-corrected chi connectivity index (χ2v) is 9.65. The molecule has 162 valence electrons. The summed E-state index contributed by atoms with van der Waals surface area (Å²) in [5.41, 5.74) is 6.07. The summed E-state index contributed by atoms with van der Waals surface area (Å²) in [5, 5.41) is 0. The third-order valence-electron chi connectivity index (χ3n) is 6.71. The van der Waals surface area contributed by atoms with Crippen molar-refractivity contribution in [3.8, 4) is 22.6 Å². The van der Waals surface area contributed by atoms with Gasteiger partial charge in [-0.1, -0.05) is 35.8 Å². The third-order valence-corrected chi connectivity index (χ3v) is 7.20. The number of methoxy groups -OCH3 is 2. The SMILES string of the molecule is COc1ccc(-c2cc3c(cc2OC)C(C)(C)C2=C(C3=O)c3ccc(Br)cc3C2)c(F)c1. The molecule has 2 aliphatic carbocycles. The van der Waals surface area contributed by atoms with E-state index in [9.17, 15) is 9.18 Å². The maximum absolute atomic E-state index is 14.9. The molecular formula is C27H22BrFO3. The zero-order valence-corrected chi connectivity index (χ0v) is 19.9. The van der Waals surface area contributed by atoms with Gasteiger partial charge >= 0.3 is 0 Å². The number of carbonyl (C=O) groups excluding carboxylic acids is 1. The van der Waals surface area contributed by atoms with E-state index >= 15 is 0 Å². The molecule has 3 aromatic rings. The van der Waals surface area contributed by atoms with Gasteiger partial charge in [-0.2, -0.15) is 0 Å². The lowest BCUT2D eigenvalue weighted by molar-refractivity contribution is 0.105. The van der Waals surface area contributed by atoms with Gasteiger partial charge in [-0.25, -0.2) is 4.39 Å². The predicted octanol–water partition coefficient (Wildman–Crippen LogP) is 6.76. The molecule has 0 aromatic heterocycles. The number of rotatable bonds is 3. The maximum Gasteiger partial charge on any atom is 0.193 e. The van der Waals surface area contributed by atoms with Crippen LogP contribution < -0.4 is 9.47 Å². The van der Waals surface area contributed by atoms with Gasteiger partial charge in [0, 0.05) is 38.2 Å². The number of Topliss-reactive ketones (excluding diaryl/α,β-unsaturated/α-hetero) is 1. The Morgan fingerprint density at radius 3 is 2.34 bits per heavy atom. The topological polar surface area (TPSA) is 35.5 Å². The number of carbonyl (C=O) groups is 1. The van der Waals surface area contributed by atoms with Crippen LogP contribution in [0.4, 0.5) is 4.39 Å². The number of halogens is 2. The van der Waals surface area contributed by atoms with Crippen molar-refractivity contribution in [2.24, 2.45) is 0 Å². The lowest BCUT2D eigenvalue weighted by Gasteiger charge is -2.35. The first-order valence-corrected chi connectivity index (χ1v) is 11.2. The first-order chi connectivity index (χ1) is 15.3. The van der Waals surface area contributed by atoms with Crippen LogP contribution in [0.15, 0.2) is 58.6 Å². The summed E-state index contributed by atoms with van der Waals surface area (Å²) < 4.78 is 26.7. The Balaban J connectivity index is 1.72. The van der Waals surface area contributed by atoms with E-state index in [0.29, 0.717) is 28.2 Å². The summed E-state index contributed by atoms with van der Waals surface area (Å²) in [6, 6.07) is 14.4. The smallest absolute Gasteiger partial charge is 0.193 e. The molecule has 3 nitrogen and oxygen atoms in total. The van der Waals surface area contributed by atoms with Gasteiger partial charge in [0.15, 0.2) is 5.78 Å². The molecule has 0 unspecified atom stereocenters. The number of benzene rings is 3. The van der Waals surface area contributed by atoms with Crippen molar-refractivity contribution in [2.75, 3.05) is 14.2 Å². The normalized spacial score (nSPS) is 15.9. The molecule has 0 N–H and O–H groups in total. The van der Waals surface area contributed by atoms with Gasteiger partial charge in [0.05, 0.1) is 14.2 Å². The number of allylic oxidation sites excluding steroid dienone is 2. The fraction of sp³-hybridized carbons (Fsp3) is 0.222. The Hall–Kier alpha value is -2.92. The van der Waals surface area contributed by atoms with Gasteiger partial charge in [-0.15, -0.1) is 0 Å². The molecule has 5 rings (SSSR count). The van der Waals surface area contributed by atoms with Gasteiger partial charge in [0.2, 0.25) is 0 Å². The molecule has 0 radical (unpaired) electrons. The lowest BCUT2D eigenvalue weighted by atomic mass is 9.68. The standard InChI is InChI=1S/C27H22BrFO3/c1-27(2)21-13-24(32-4)19(18-8-6-16(31-3)11-23(18)29)12-20(21)26(30)25-17-7-5-15(28)9-14(17)10-22(25)27/h5-9,11-13H,10H2,1-4H3. The minimum absolute atomic E-state index is 0.0202. The number of ether oxygens (including phenoxy) is 2.